The van der Waals surface area contributed by atoms with Crippen LogP contribution in [0.4, 0.5) is 0 Å². The minimum Gasteiger partial charge on any atom is -0.347 e. The summed E-state index contributed by atoms with van der Waals surface area (Å²) in [4.78, 5) is 13.1. The Labute approximate surface area is 119 Å². The molecule has 0 bridgehead atoms. The van der Waals surface area contributed by atoms with Crippen molar-refractivity contribution in [1.82, 2.24) is 5.32 Å². The topological polar surface area (TPSA) is 29.1 Å². The second kappa shape index (κ2) is 5.72. The van der Waals surface area contributed by atoms with E-state index in [0.29, 0.717) is 14.7 Å². The first-order chi connectivity index (χ1) is 8.09. The van der Waals surface area contributed by atoms with E-state index in [4.69, 9.17) is 11.6 Å². The van der Waals surface area contributed by atoms with E-state index in [1.54, 1.807) is 0 Å². The van der Waals surface area contributed by atoms with Crippen LogP contribution in [0.3, 0.4) is 0 Å². The van der Waals surface area contributed by atoms with Crippen molar-refractivity contribution >= 4 is 44.8 Å². The molecule has 1 heterocycles. The maximum Gasteiger partial charge on any atom is 0.263 e. The van der Waals surface area contributed by atoms with Crippen LogP contribution in [0.25, 0.3) is 0 Å². The first kappa shape index (κ1) is 13.4. The molecule has 0 radical (unpaired) electrons. The third kappa shape index (κ3) is 3.04. The normalized spacial score (nSPS) is 24.6. The van der Waals surface area contributed by atoms with Crippen LogP contribution < -0.4 is 5.32 Å². The molecule has 94 valence electrons. The highest BCUT2D eigenvalue weighted by Crippen LogP contribution is 2.29. The number of hydrogen-bond acceptors (Lipinski definition) is 2. The number of alkyl halides is 1. The Bertz CT molecular complexity index is 421. The van der Waals surface area contributed by atoms with Crippen molar-refractivity contribution in [2.24, 2.45) is 0 Å². The summed E-state index contributed by atoms with van der Waals surface area (Å²) in [5, 5.41) is 5.59. The summed E-state index contributed by atoms with van der Waals surface area (Å²) < 4.78 is 0. The Morgan fingerprint density at radius 1 is 1.53 bits per heavy atom. The summed E-state index contributed by atoms with van der Waals surface area (Å²) in [6.45, 7) is 1.92. The lowest BCUT2D eigenvalue weighted by molar-refractivity contribution is 0.0934. The number of hydrogen-bond donors (Lipinski definition) is 1. The van der Waals surface area contributed by atoms with E-state index in [9.17, 15) is 4.79 Å². The molecular formula is C12H15BrClNOS. The molecule has 1 saturated carbocycles. The fourth-order valence-electron chi connectivity index (χ4n) is 2.07. The van der Waals surface area contributed by atoms with Gasteiger partial charge in [0.05, 0.1) is 5.02 Å². The van der Waals surface area contributed by atoms with E-state index >= 15 is 0 Å². The molecular weight excluding hydrogens is 322 g/mol. The van der Waals surface area contributed by atoms with Crippen molar-refractivity contribution in [3.05, 3.63) is 20.8 Å². The number of nitrogens with one attached hydrogen (secondary N) is 1. The zero-order valence-corrected chi connectivity index (χ0v) is 12.8. The molecule has 0 aromatic carbocycles. The number of halogens is 2. The van der Waals surface area contributed by atoms with Crippen molar-refractivity contribution in [2.45, 2.75) is 43.5 Å². The fourth-order valence-corrected chi connectivity index (χ4v) is 3.97. The van der Waals surface area contributed by atoms with Gasteiger partial charge in [0.1, 0.15) is 4.88 Å². The van der Waals surface area contributed by atoms with Crippen molar-refractivity contribution in [1.29, 1.82) is 0 Å². The highest BCUT2D eigenvalue weighted by atomic mass is 79.9. The second-order valence-electron chi connectivity index (χ2n) is 4.44. The average Bonchev–Trinajstić information content (AvgIpc) is 2.63. The van der Waals surface area contributed by atoms with Gasteiger partial charge in [-0.2, -0.15) is 0 Å². The van der Waals surface area contributed by atoms with Crippen molar-refractivity contribution in [2.75, 3.05) is 0 Å². The van der Waals surface area contributed by atoms with Gasteiger partial charge in [-0.25, -0.2) is 0 Å². The molecule has 1 aromatic rings. The van der Waals surface area contributed by atoms with Crippen LogP contribution in [-0.2, 0) is 0 Å². The highest BCUT2D eigenvalue weighted by molar-refractivity contribution is 9.09. The minimum atomic E-state index is -0.0375. The van der Waals surface area contributed by atoms with Crippen molar-refractivity contribution < 1.29 is 4.79 Å². The lowest BCUT2D eigenvalue weighted by Gasteiger charge is -2.28. The van der Waals surface area contributed by atoms with Crippen molar-refractivity contribution in [3.63, 3.8) is 0 Å². The summed E-state index contributed by atoms with van der Waals surface area (Å²) in [6, 6.07) is 0.231. The molecule has 1 N–H and O–H groups in total. The molecule has 2 rings (SSSR count). The van der Waals surface area contributed by atoms with E-state index in [1.807, 2.05) is 12.3 Å². The van der Waals surface area contributed by atoms with Gasteiger partial charge in [-0.05, 0) is 30.7 Å². The Morgan fingerprint density at radius 3 is 2.82 bits per heavy atom. The number of amides is 1. The molecule has 2 atom stereocenters. The zero-order chi connectivity index (χ0) is 12.4. The third-order valence-corrected chi connectivity index (χ3v) is 5.90. The Balaban J connectivity index is 2.03. The Morgan fingerprint density at radius 2 is 2.24 bits per heavy atom. The molecule has 1 fully saturated rings. The maximum absolute atomic E-state index is 12.1. The summed E-state index contributed by atoms with van der Waals surface area (Å²) in [6.07, 6.45) is 4.59. The van der Waals surface area contributed by atoms with Gasteiger partial charge in [-0.1, -0.05) is 40.4 Å². The summed E-state index contributed by atoms with van der Waals surface area (Å²) in [7, 11) is 0. The van der Waals surface area contributed by atoms with E-state index in [-0.39, 0.29) is 11.9 Å². The molecule has 2 nitrogen and oxygen atoms in total. The molecule has 1 amide bonds. The van der Waals surface area contributed by atoms with Gasteiger partial charge in [0.15, 0.2) is 0 Å². The molecule has 17 heavy (non-hydrogen) atoms. The van der Waals surface area contributed by atoms with Crippen LogP contribution in [0, 0.1) is 6.92 Å². The predicted molar refractivity (Wildman–Crippen MR) is 76.5 cm³/mol. The van der Waals surface area contributed by atoms with Crippen LogP contribution in [0.2, 0.25) is 5.02 Å². The summed E-state index contributed by atoms with van der Waals surface area (Å²) >= 11 is 11.1. The molecule has 1 aliphatic carbocycles. The van der Waals surface area contributed by atoms with Crippen LogP contribution in [0.15, 0.2) is 5.38 Å². The van der Waals surface area contributed by atoms with Gasteiger partial charge in [-0.3, -0.25) is 4.79 Å². The molecule has 1 aliphatic rings. The quantitative estimate of drug-likeness (QED) is 0.808. The second-order valence-corrected chi connectivity index (χ2v) is 6.88. The number of rotatable bonds is 2. The van der Waals surface area contributed by atoms with Crippen LogP contribution in [0.1, 0.15) is 40.9 Å². The van der Waals surface area contributed by atoms with Gasteiger partial charge in [0.2, 0.25) is 0 Å². The lowest BCUT2D eigenvalue weighted by atomic mass is 9.95. The number of aryl methyl sites for hydroxylation is 1. The smallest absolute Gasteiger partial charge is 0.263 e. The van der Waals surface area contributed by atoms with Gasteiger partial charge in [0.25, 0.3) is 5.91 Å². The molecule has 0 aliphatic heterocycles. The largest absolute Gasteiger partial charge is 0.347 e. The summed E-state index contributed by atoms with van der Waals surface area (Å²) in [5.41, 5.74) is 0.973. The molecule has 5 heteroatoms. The molecule has 0 spiro atoms. The van der Waals surface area contributed by atoms with Gasteiger partial charge in [0, 0.05) is 10.9 Å². The van der Waals surface area contributed by atoms with E-state index in [1.165, 1.54) is 24.2 Å². The zero-order valence-electron chi connectivity index (χ0n) is 9.63. The Kier molecular flexibility index (Phi) is 4.50. The lowest BCUT2D eigenvalue weighted by Crippen LogP contribution is -2.42. The maximum atomic E-state index is 12.1. The standard InChI is InChI=1S/C12H15BrClNOS/c1-7-6-17-11(10(7)14)12(16)15-9-5-3-2-4-8(9)13/h6,8-9H,2-5H2,1H3,(H,15,16). The summed E-state index contributed by atoms with van der Waals surface area (Å²) in [5.74, 6) is -0.0375. The first-order valence-corrected chi connectivity index (χ1v) is 7.95. The molecule has 1 aromatic heterocycles. The van der Waals surface area contributed by atoms with Gasteiger partial charge in [-0.15, -0.1) is 11.3 Å². The first-order valence-electron chi connectivity index (χ1n) is 5.78. The molecule has 0 saturated heterocycles. The third-order valence-electron chi connectivity index (χ3n) is 3.10. The fraction of sp³-hybridized carbons (Fsp3) is 0.583. The van der Waals surface area contributed by atoms with Gasteiger partial charge < -0.3 is 5.32 Å². The SMILES string of the molecule is Cc1csc(C(=O)NC2CCCCC2Br)c1Cl. The number of carbonyl (C=O) groups is 1. The average molecular weight is 337 g/mol. The number of thiophene rings is 1. The Hall–Kier alpha value is -0.0600. The van der Waals surface area contributed by atoms with Gasteiger partial charge >= 0.3 is 0 Å². The number of carbonyl (C=O) groups excluding carboxylic acids is 1. The molecule has 2 unspecified atom stereocenters. The van der Waals surface area contributed by atoms with Crippen molar-refractivity contribution in [3.8, 4) is 0 Å². The van der Waals surface area contributed by atoms with Crippen LogP contribution in [-0.4, -0.2) is 16.8 Å². The minimum absolute atomic E-state index is 0.0375. The predicted octanol–water partition coefficient (Wildman–Crippen LogP) is 4.15. The highest BCUT2D eigenvalue weighted by Gasteiger charge is 2.25. The van der Waals surface area contributed by atoms with Crippen LogP contribution in [0.5, 0.6) is 0 Å². The monoisotopic (exact) mass is 335 g/mol. The van der Waals surface area contributed by atoms with E-state index in [2.05, 4.69) is 21.2 Å². The van der Waals surface area contributed by atoms with E-state index < -0.39 is 0 Å². The van der Waals surface area contributed by atoms with Crippen LogP contribution >= 0.6 is 38.9 Å². The van der Waals surface area contributed by atoms with E-state index in [0.717, 1.165) is 18.4 Å².